The molecule has 0 saturated carbocycles. The first-order valence-corrected chi connectivity index (χ1v) is 7.43. The van der Waals surface area contributed by atoms with Gasteiger partial charge >= 0.3 is 0 Å². The summed E-state index contributed by atoms with van der Waals surface area (Å²) >= 11 is 8.17. The summed E-state index contributed by atoms with van der Waals surface area (Å²) in [6.45, 7) is 0.648. The van der Waals surface area contributed by atoms with E-state index in [9.17, 15) is 10.1 Å². The molecule has 0 atom stereocenters. The van der Waals surface area contributed by atoms with E-state index in [2.05, 4.69) is 37.2 Å². The molecule has 18 heavy (non-hydrogen) atoms. The normalized spacial score (nSPS) is 10.3. The number of rotatable bonds is 4. The van der Waals surface area contributed by atoms with Crippen molar-refractivity contribution in [2.45, 2.75) is 6.54 Å². The maximum atomic E-state index is 10.8. The molecule has 0 fully saturated rings. The third-order valence-corrected chi connectivity index (χ3v) is 4.60. The molecule has 0 aliphatic carbocycles. The van der Waals surface area contributed by atoms with Crippen LogP contribution in [0.4, 0.5) is 11.4 Å². The van der Waals surface area contributed by atoms with Crippen LogP contribution < -0.4 is 5.32 Å². The Hall–Kier alpha value is -0.920. The van der Waals surface area contributed by atoms with Crippen LogP contribution >= 0.6 is 43.2 Å². The van der Waals surface area contributed by atoms with Crippen molar-refractivity contribution < 1.29 is 4.92 Å². The largest absolute Gasteiger partial charge is 0.380 e. The van der Waals surface area contributed by atoms with E-state index in [1.807, 2.05) is 11.4 Å². The molecule has 0 radical (unpaired) electrons. The van der Waals surface area contributed by atoms with Gasteiger partial charge in [-0.25, -0.2) is 0 Å². The zero-order valence-corrected chi connectivity index (χ0v) is 13.0. The Bertz CT molecular complexity index is 586. The minimum absolute atomic E-state index is 0.0624. The third kappa shape index (κ3) is 3.30. The van der Waals surface area contributed by atoms with Crippen molar-refractivity contribution in [3.05, 3.63) is 53.6 Å². The van der Waals surface area contributed by atoms with Crippen LogP contribution in [-0.4, -0.2) is 4.92 Å². The van der Waals surface area contributed by atoms with E-state index < -0.39 is 4.92 Å². The second kappa shape index (κ2) is 5.81. The molecule has 94 valence electrons. The van der Waals surface area contributed by atoms with E-state index in [0.717, 1.165) is 15.0 Å². The number of nitrogens with one attached hydrogen (secondary N) is 1. The molecular formula is C11H8Br2N2O2S. The molecule has 0 saturated heterocycles. The highest BCUT2D eigenvalue weighted by Crippen LogP contribution is 2.28. The van der Waals surface area contributed by atoms with Crippen LogP contribution in [-0.2, 0) is 6.54 Å². The number of halogens is 2. The highest BCUT2D eigenvalue weighted by atomic mass is 79.9. The molecule has 0 amide bonds. The van der Waals surface area contributed by atoms with Gasteiger partial charge in [-0.1, -0.05) is 0 Å². The van der Waals surface area contributed by atoms with E-state index in [-0.39, 0.29) is 5.69 Å². The lowest BCUT2D eigenvalue weighted by molar-refractivity contribution is -0.385. The third-order valence-electron chi connectivity index (χ3n) is 2.23. The molecule has 2 aromatic rings. The fourth-order valence-corrected chi connectivity index (χ4v) is 3.18. The van der Waals surface area contributed by atoms with Gasteiger partial charge in [0.15, 0.2) is 0 Å². The average molecular weight is 392 g/mol. The van der Waals surface area contributed by atoms with Gasteiger partial charge in [0.25, 0.3) is 5.69 Å². The van der Waals surface area contributed by atoms with Gasteiger partial charge in [0, 0.05) is 33.0 Å². The van der Waals surface area contributed by atoms with E-state index in [1.165, 1.54) is 6.07 Å². The lowest BCUT2D eigenvalue weighted by Crippen LogP contribution is -1.98. The number of nitro groups is 1. The molecule has 0 aliphatic heterocycles. The topological polar surface area (TPSA) is 55.2 Å². The van der Waals surface area contributed by atoms with E-state index in [4.69, 9.17) is 0 Å². The summed E-state index contributed by atoms with van der Waals surface area (Å²) in [4.78, 5) is 11.5. The molecule has 4 nitrogen and oxygen atoms in total. The molecule has 1 N–H and O–H groups in total. The fraction of sp³-hybridized carbons (Fsp3) is 0.0909. The first kappa shape index (κ1) is 13.5. The second-order valence-electron chi connectivity index (χ2n) is 3.51. The van der Waals surface area contributed by atoms with Gasteiger partial charge in [-0.2, -0.15) is 0 Å². The highest BCUT2D eigenvalue weighted by Gasteiger charge is 2.12. The maximum Gasteiger partial charge on any atom is 0.285 e. The summed E-state index contributed by atoms with van der Waals surface area (Å²) < 4.78 is 1.53. The summed E-state index contributed by atoms with van der Waals surface area (Å²) in [5, 5.41) is 16.0. The zero-order chi connectivity index (χ0) is 13.1. The number of hydrogen-bond acceptors (Lipinski definition) is 4. The molecule has 0 aliphatic rings. The Balaban J connectivity index is 2.10. The summed E-state index contributed by atoms with van der Waals surface area (Å²) in [6.07, 6.45) is 0. The predicted octanol–water partition coefficient (Wildman–Crippen LogP) is 4.79. The lowest BCUT2D eigenvalue weighted by Gasteiger charge is -2.05. The van der Waals surface area contributed by atoms with Crippen molar-refractivity contribution in [1.82, 2.24) is 0 Å². The van der Waals surface area contributed by atoms with E-state index in [0.29, 0.717) is 11.0 Å². The number of nitrogens with zero attached hydrogens (tertiary/aromatic N) is 1. The van der Waals surface area contributed by atoms with Crippen LogP contribution in [0, 0.1) is 10.1 Å². The van der Waals surface area contributed by atoms with Crippen LogP contribution in [0.15, 0.2) is 38.6 Å². The lowest BCUT2D eigenvalue weighted by atomic mass is 10.3. The van der Waals surface area contributed by atoms with Gasteiger partial charge in [-0.05, 0) is 50.1 Å². The number of anilines is 1. The van der Waals surface area contributed by atoms with E-state index in [1.54, 1.807) is 23.5 Å². The van der Waals surface area contributed by atoms with Crippen molar-refractivity contribution in [3.8, 4) is 0 Å². The maximum absolute atomic E-state index is 10.8. The first-order chi connectivity index (χ1) is 8.56. The quantitative estimate of drug-likeness (QED) is 0.601. The zero-order valence-electron chi connectivity index (χ0n) is 9.02. The van der Waals surface area contributed by atoms with Crippen molar-refractivity contribution in [1.29, 1.82) is 0 Å². The van der Waals surface area contributed by atoms with Gasteiger partial charge in [0.2, 0.25) is 0 Å². The summed E-state index contributed by atoms with van der Waals surface area (Å²) in [5.41, 5.74) is 0.793. The van der Waals surface area contributed by atoms with Crippen molar-refractivity contribution >= 4 is 54.6 Å². The van der Waals surface area contributed by atoms with Gasteiger partial charge in [0.1, 0.15) is 0 Å². The van der Waals surface area contributed by atoms with Crippen molar-refractivity contribution in [2.75, 3.05) is 5.32 Å². The predicted molar refractivity (Wildman–Crippen MR) is 80.1 cm³/mol. The Morgan fingerprint density at radius 1 is 1.33 bits per heavy atom. The Morgan fingerprint density at radius 3 is 2.72 bits per heavy atom. The van der Waals surface area contributed by atoms with E-state index >= 15 is 0 Å². The van der Waals surface area contributed by atoms with Gasteiger partial charge in [-0.15, -0.1) is 11.3 Å². The minimum Gasteiger partial charge on any atom is -0.380 e. The Labute approximate surface area is 124 Å². The molecule has 0 bridgehead atoms. The first-order valence-electron chi connectivity index (χ1n) is 4.97. The van der Waals surface area contributed by atoms with Gasteiger partial charge in [0.05, 0.1) is 9.40 Å². The minimum atomic E-state index is -0.406. The summed E-state index contributed by atoms with van der Waals surface area (Å²) in [7, 11) is 0. The number of nitro benzene ring substituents is 1. The summed E-state index contributed by atoms with van der Waals surface area (Å²) in [5.74, 6) is 0. The SMILES string of the molecule is O=[N+]([O-])c1cc(NCc2cc(Br)cs2)ccc1Br. The molecule has 1 aromatic heterocycles. The van der Waals surface area contributed by atoms with Crippen molar-refractivity contribution in [3.63, 3.8) is 0 Å². The Kier molecular flexibility index (Phi) is 4.36. The average Bonchev–Trinajstić information content (AvgIpc) is 2.74. The monoisotopic (exact) mass is 390 g/mol. The van der Waals surface area contributed by atoms with Gasteiger partial charge < -0.3 is 5.32 Å². The van der Waals surface area contributed by atoms with Crippen LogP contribution in [0.3, 0.4) is 0 Å². The van der Waals surface area contributed by atoms with Gasteiger partial charge in [-0.3, -0.25) is 10.1 Å². The van der Waals surface area contributed by atoms with Crippen LogP contribution in [0.1, 0.15) is 4.88 Å². The standard InChI is InChI=1S/C11H8Br2N2O2S/c12-7-3-9(18-6-7)5-14-8-1-2-10(13)11(4-8)15(16)17/h1-4,6,14H,5H2. The van der Waals surface area contributed by atoms with Crippen LogP contribution in [0.2, 0.25) is 0 Å². The smallest absolute Gasteiger partial charge is 0.285 e. The number of thiophene rings is 1. The van der Waals surface area contributed by atoms with Crippen LogP contribution in [0.5, 0.6) is 0 Å². The molecule has 0 spiro atoms. The highest BCUT2D eigenvalue weighted by molar-refractivity contribution is 9.10. The number of hydrogen-bond donors (Lipinski definition) is 1. The second-order valence-corrected chi connectivity index (χ2v) is 6.27. The molecule has 7 heteroatoms. The number of benzene rings is 1. The Morgan fingerprint density at radius 2 is 2.11 bits per heavy atom. The molecular weight excluding hydrogens is 384 g/mol. The molecule has 0 unspecified atom stereocenters. The molecule has 1 aromatic carbocycles. The summed E-state index contributed by atoms with van der Waals surface area (Å²) in [6, 6.07) is 7.02. The fourth-order valence-electron chi connectivity index (χ4n) is 1.40. The molecule has 1 heterocycles. The molecule has 2 rings (SSSR count). The van der Waals surface area contributed by atoms with Crippen molar-refractivity contribution in [2.24, 2.45) is 0 Å². The van der Waals surface area contributed by atoms with Crippen LogP contribution in [0.25, 0.3) is 0 Å².